The van der Waals surface area contributed by atoms with Crippen molar-refractivity contribution in [2.24, 2.45) is 0 Å². The van der Waals surface area contributed by atoms with Gasteiger partial charge in [-0.1, -0.05) is 6.07 Å². The van der Waals surface area contributed by atoms with Gasteiger partial charge in [0.2, 0.25) is 0 Å². The van der Waals surface area contributed by atoms with E-state index < -0.39 is 30.1 Å². The molecule has 0 fully saturated rings. The maximum absolute atomic E-state index is 13.6. The van der Waals surface area contributed by atoms with Crippen LogP contribution in [0.4, 0.5) is 13.2 Å². The Kier molecular flexibility index (Phi) is 8.22. The van der Waals surface area contributed by atoms with Gasteiger partial charge in [0.15, 0.2) is 0 Å². The number of methoxy groups -OCH3 is 6. The van der Waals surface area contributed by atoms with E-state index >= 15 is 0 Å². The molecule has 0 saturated carbocycles. The van der Waals surface area contributed by atoms with Crippen molar-refractivity contribution in [3.63, 3.8) is 0 Å². The van der Waals surface area contributed by atoms with E-state index in [0.29, 0.717) is 56.8 Å². The van der Waals surface area contributed by atoms with Crippen molar-refractivity contribution in [3.05, 3.63) is 70.8 Å². The average Bonchev–Trinajstić information content (AvgIpc) is 3.28. The summed E-state index contributed by atoms with van der Waals surface area (Å²) in [6.07, 6.45) is -6.63. The Morgan fingerprint density at radius 3 is 1.73 bits per heavy atom. The Morgan fingerprint density at radius 2 is 1.20 bits per heavy atom. The molecule has 0 heterocycles. The van der Waals surface area contributed by atoms with Crippen molar-refractivity contribution >= 4 is 5.97 Å². The molecule has 0 aliphatic heterocycles. The van der Waals surface area contributed by atoms with Crippen LogP contribution in [0.1, 0.15) is 40.2 Å². The number of benzene rings is 3. The van der Waals surface area contributed by atoms with Gasteiger partial charge in [-0.05, 0) is 29.8 Å². The molecule has 3 aromatic carbocycles. The molecule has 3 atom stereocenters. The Hall–Kier alpha value is -4.28. The summed E-state index contributed by atoms with van der Waals surface area (Å²) in [6.45, 7) is 0. The Labute approximate surface area is 229 Å². The van der Waals surface area contributed by atoms with Crippen molar-refractivity contribution in [1.82, 2.24) is 0 Å². The van der Waals surface area contributed by atoms with Crippen LogP contribution in [-0.2, 0) is 9.53 Å². The van der Waals surface area contributed by atoms with Gasteiger partial charge in [-0.3, -0.25) is 0 Å². The van der Waals surface area contributed by atoms with E-state index in [2.05, 4.69) is 0 Å². The van der Waals surface area contributed by atoms with Crippen LogP contribution in [0.25, 0.3) is 0 Å². The minimum absolute atomic E-state index is 0.295. The molecule has 0 unspecified atom stereocenters. The number of hydrogen-bond donors (Lipinski definition) is 0. The molecule has 214 valence electrons. The SMILES string of the molecule is COc1cc(OC)cc([C@H]2c3c(OC)cc(OC)cc3[C@@H](OC(=O)C(F)(F)F)[C@@H]2c2ccc(OC)cc2OC)c1. The van der Waals surface area contributed by atoms with Gasteiger partial charge >= 0.3 is 12.1 Å². The fourth-order valence-corrected chi connectivity index (χ4v) is 5.16. The number of ether oxygens (including phenoxy) is 7. The van der Waals surface area contributed by atoms with Gasteiger partial charge in [0, 0.05) is 46.7 Å². The van der Waals surface area contributed by atoms with E-state index in [0.717, 1.165) is 0 Å². The lowest BCUT2D eigenvalue weighted by atomic mass is 9.80. The van der Waals surface area contributed by atoms with E-state index in [-0.39, 0.29) is 0 Å². The smallest absolute Gasteiger partial charge is 0.490 e. The highest BCUT2D eigenvalue weighted by atomic mass is 19.4. The molecule has 0 N–H and O–H groups in total. The van der Waals surface area contributed by atoms with Crippen LogP contribution in [-0.4, -0.2) is 54.8 Å². The van der Waals surface area contributed by atoms with Gasteiger partial charge in [-0.15, -0.1) is 0 Å². The summed E-state index contributed by atoms with van der Waals surface area (Å²) in [7, 11) is 8.76. The second kappa shape index (κ2) is 11.4. The summed E-state index contributed by atoms with van der Waals surface area (Å²) in [5.41, 5.74) is 1.91. The van der Waals surface area contributed by atoms with Crippen molar-refractivity contribution in [2.75, 3.05) is 42.7 Å². The van der Waals surface area contributed by atoms with E-state index in [4.69, 9.17) is 33.2 Å². The molecule has 0 spiro atoms. The second-order valence-electron chi connectivity index (χ2n) is 8.91. The third-order valence-electron chi connectivity index (χ3n) is 6.90. The first kappa shape index (κ1) is 28.7. The summed E-state index contributed by atoms with van der Waals surface area (Å²) >= 11 is 0. The first-order valence-electron chi connectivity index (χ1n) is 12.1. The van der Waals surface area contributed by atoms with Gasteiger partial charge in [0.1, 0.15) is 40.6 Å². The van der Waals surface area contributed by atoms with Crippen LogP contribution in [0.15, 0.2) is 48.5 Å². The predicted octanol–water partition coefficient (Wildman–Crippen LogP) is 5.81. The summed E-state index contributed by atoms with van der Waals surface area (Å²) in [5.74, 6) is -1.56. The molecule has 0 radical (unpaired) electrons. The van der Waals surface area contributed by atoms with Crippen molar-refractivity contribution in [1.29, 1.82) is 0 Å². The van der Waals surface area contributed by atoms with Gasteiger partial charge in [-0.2, -0.15) is 13.2 Å². The molecule has 0 amide bonds. The molecule has 11 heteroatoms. The summed E-state index contributed by atoms with van der Waals surface area (Å²) in [4.78, 5) is 12.3. The molecule has 1 aliphatic carbocycles. The van der Waals surface area contributed by atoms with Crippen LogP contribution >= 0.6 is 0 Å². The van der Waals surface area contributed by atoms with E-state index in [9.17, 15) is 18.0 Å². The van der Waals surface area contributed by atoms with E-state index in [1.54, 1.807) is 48.5 Å². The summed E-state index contributed by atoms with van der Waals surface area (Å²) in [6, 6.07) is 13.3. The lowest BCUT2D eigenvalue weighted by Crippen LogP contribution is -2.28. The number of rotatable bonds is 9. The fraction of sp³-hybridized carbons (Fsp3) is 0.345. The lowest BCUT2D eigenvalue weighted by molar-refractivity contribution is -0.206. The van der Waals surface area contributed by atoms with Crippen molar-refractivity contribution in [2.45, 2.75) is 24.1 Å². The van der Waals surface area contributed by atoms with Crippen LogP contribution in [0.2, 0.25) is 0 Å². The highest BCUT2D eigenvalue weighted by molar-refractivity contribution is 5.76. The maximum Gasteiger partial charge on any atom is 0.490 e. The quantitative estimate of drug-likeness (QED) is 0.302. The average molecular weight is 563 g/mol. The molecule has 0 aromatic heterocycles. The molecule has 8 nitrogen and oxygen atoms in total. The normalized spacial score (nSPS) is 18.0. The number of carbonyl (C=O) groups excluding carboxylic acids is 1. The zero-order valence-electron chi connectivity index (χ0n) is 22.8. The van der Waals surface area contributed by atoms with Crippen LogP contribution in [0.5, 0.6) is 34.5 Å². The Bertz CT molecular complexity index is 1370. The van der Waals surface area contributed by atoms with Crippen LogP contribution in [0, 0.1) is 0 Å². The van der Waals surface area contributed by atoms with E-state index in [1.165, 1.54) is 42.7 Å². The largest absolute Gasteiger partial charge is 0.497 e. The van der Waals surface area contributed by atoms with Crippen molar-refractivity contribution in [3.8, 4) is 34.5 Å². The number of esters is 1. The second-order valence-corrected chi connectivity index (χ2v) is 8.91. The molecule has 0 bridgehead atoms. The minimum atomic E-state index is -5.23. The number of alkyl halides is 3. The highest BCUT2D eigenvalue weighted by Crippen LogP contribution is 2.61. The number of hydrogen-bond acceptors (Lipinski definition) is 8. The highest BCUT2D eigenvalue weighted by Gasteiger charge is 2.51. The number of halogens is 3. The standard InChI is InChI=1S/C29H29F3O8/c1-34-16-7-8-20(22(13-16)38-5)26-24(15-9-17(35-2)11-18(10-15)36-3)25-21(12-19(37-4)14-23(25)39-6)27(26)40-28(33)29(30,31)32/h7-14,24,26-27H,1-6H3/t24-,26+,27+/m0/s1. The monoisotopic (exact) mass is 562 g/mol. The van der Waals surface area contributed by atoms with Crippen LogP contribution in [0.3, 0.4) is 0 Å². The first-order valence-corrected chi connectivity index (χ1v) is 12.1. The molecular weight excluding hydrogens is 533 g/mol. The van der Waals surface area contributed by atoms with Gasteiger partial charge < -0.3 is 33.2 Å². The zero-order chi connectivity index (χ0) is 29.2. The van der Waals surface area contributed by atoms with Gasteiger partial charge in [0.05, 0.1) is 42.7 Å². The summed E-state index contributed by atoms with van der Waals surface area (Å²) < 4.78 is 79.0. The molecule has 4 rings (SSSR count). The Morgan fingerprint density at radius 1 is 0.650 bits per heavy atom. The number of carbonyl (C=O) groups is 1. The number of fused-ring (bicyclic) bond motifs is 1. The predicted molar refractivity (Wildman–Crippen MR) is 138 cm³/mol. The zero-order valence-corrected chi connectivity index (χ0v) is 22.8. The third-order valence-corrected chi connectivity index (χ3v) is 6.90. The molecule has 40 heavy (non-hydrogen) atoms. The van der Waals surface area contributed by atoms with Gasteiger partial charge in [-0.25, -0.2) is 4.79 Å². The topological polar surface area (TPSA) is 81.7 Å². The summed E-state index contributed by atoms with van der Waals surface area (Å²) in [5, 5.41) is 0. The van der Waals surface area contributed by atoms with E-state index in [1.807, 2.05) is 0 Å². The van der Waals surface area contributed by atoms with Gasteiger partial charge in [0.25, 0.3) is 0 Å². The minimum Gasteiger partial charge on any atom is -0.497 e. The third kappa shape index (κ3) is 5.28. The lowest BCUT2D eigenvalue weighted by Gasteiger charge is -2.28. The van der Waals surface area contributed by atoms with Crippen molar-refractivity contribution < 1.29 is 51.1 Å². The van der Waals surface area contributed by atoms with Crippen LogP contribution < -0.4 is 28.4 Å². The molecule has 0 saturated heterocycles. The molecule has 3 aromatic rings. The molecular formula is C29H29F3O8. The fourth-order valence-electron chi connectivity index (χ4n) is 5.16. The Balaban J connectivity index is 2.08. The molecule has 1 aliphatic rings. The first-order chi connectivity index (χ1) is 19.1. The maximum atomic E-state index is 13.6.